The van der Waals surface area contributed by atoms with E-state index >= 15 is 0 Å². The number of benzene rings is 5. The van der Waals surface area contributed by atoms with Gasteiger partial charge in [0.25, 0.3) is 0 Å². The summed E-state index contributed by atoms with van der Waals surface area (Å²) in [6, 6.07) is 36.6. The lowest BCUT2D eigenvalue weighted by atomic mass is 10.0. The number of hydrogen-bond acceptors (Lipinski definition) is 2. The van der Waals surface area contributed by atoms with Gasteiger partial charge in [-0.05, 0) is 30.3 Å². The SMILES string of the molecule is c1ccc2nc(-n3c4ccccc4c4cc5c6ccccc6n6c7ccccc7c(c43)c56)ncc2c1. The maximum Gasteiger partial charge on any atom is 0.235 e. The quantitative estimate of drug-likeness (QED) is 0.251. The first-order valence-corrected chi connectivity index (χ1v) is 12.2. The average molecular weight is 459 g/mol. The molecule has 9 rings (SSSR count). The Labute approximate surface area is 205 Å². The van der Waals surface area contributed by atoms with E-state index < -0.39 is 0 Å². The van der Waals surface area contributed by atoms with Crippen LogP contribution in [0.4, 0.5) is 0 Å². The number of aromatic nitrogens is 4. The minimum atomic E-state index is 0.697. The van der Waals surface area contributed by atoms with Gasteiger partial charge in [0.15, 0.2) is 0 Å². The predicted octanol–water partition coefficient (Wildman–Crippen LogP) is 7.88. The number of nitrogens with zero attached hydrogens (tertiary/aromatic N) is 4. The normalized spacial score (nSPS) is 12.4. The van der Waals surface area contributed by atoms with Crippen molar-refractivity contribution < 1.29 is 0 Å². The molecule has 0 saturated carbocycles. The van der Waals surface area contributed by atoms with Crippen molar-refractivity contribution in [3.8, 4) is 5.95 Å². The zero-order valence-corrected chi connectivity index (χ0v) is 19.2. The molecule has 166 valence electrons. The number of fused-ring (bicyclic) bond motifs is 11. The van der Waals surface area contributed by atoms with Crippen LogP contribution in [0.5, 0.6) is 0 Å². The summed E-state index contributed by atoms with van der Waals surface area (Å²) in [4.78, 5) is 9.90. The van der Waals surface area contributed by atoms with E-state index in [0.717, 1.165) is 21.9 Å². The van der Waals surface area contributed by atoms with E-state index in [1.165, 1.54) is 48.9 Å². The van der Waals surface area contributed by atoms with Crippen molar-refractivity contribution in [2.75, 3.05) is 0 Å². The van der Waals surface area contributed by atoms with Gasteiger partial charge in [-0.2, -0.15) is 0 Å². The maximum atomic E-state index is 5.03. The van der Waals surface area contributed by atoms with Gasteiger partial charge in [-0.25, -0.2) is 9.97 Å². The fourth-order valence-electron chi connectivity index (χ4n) is 6.23. The molecule has 0 N–H and O–H groups in total. The van der Waals surface area contributed by atoms with Gasteiger partial charge in [0.05, 0.1) is 33.1 Å². The van der Waals surface area contributed by atoms with Crippen LogP contribution in [0.2, 0.25) is 0 Å². The molecular formula is C32H18N4. The minimum Gasteiger partial charge on any atom is -0.308 e. The van der Waals surface area contributed by atoms with Gasteiger partial charge >= 0.3 is 0 Å². The maximum absolute atomic E-state index is 5.03. The molecule has 0 spiro atoms. The average Bonchev–Trinajstić information content (AvgIpc) is 3.57. The topological polar surface area (TPSA) is 35.1 Å². The number of para-hydroxylation sites is 4. The standard InChI is InChI=1S/C32H18N4/c1-5-13-25-19(9-1)18-33-32(34-25)36-27-15-7-3-11-21(27)24-17-23-20-10-2-6-14-26(20)35-28-16-8-4-12-22(28)29(30(23)35)31(24)36/h1-18H. The van der Waals surface area contributed by atoms with Crippen LogP contribution in [0.15, 0.2) is 109 Å². The summed E-state index contributed by atoms with van der Waals surface area (Å²) < 4.78 is 4.69. The van der Waals surface area contributed by atoms with Gasteiger partial charge in [0.1, 0.15) is 0 Å². The van der Waals surface area contributed by atoms with Gasteiger partial charge in [-0.1, -0.05) is 72.8 Å². The van der Waals surface area contributed by atoms with Crippen LogP contribution in [-0.2, 0) is 0 Å². The Morgan fingerprint density at radius 3 is 1.97 bits per heavy atom. The molecule has 5 aromatic carbocycles. The van der Waals surface area contributed by atoms with Crippen LogP contribution in [-0.4, -0.2) is 18.9 Å². The zero-order chi connectivity index (χ0) is 23.4. The summed E-state index contributed by atoms with van der Waals surface area (Å²) in [5.41, 5.74) is 6.95. The number of rotatable bonds is 1. The second-order valence-electron chi connectivity index (χ2n) is 9.49. The second-order valence-corrected chi connectivity index (χ2v) is 9.49. The van der Waals surface area contributed by atoms with Crippen molar-refractivity contribution in [2.45, 2.75) is 0 Å². The molecule has 0 fully saturated rings. The molecule has 0 aliphatic heterocycles. The van der Waals surface area contributed by atoms with E-state index in [9.17, 15) is 0 Å². The minimum absolute atomic E-state index is 0.697. The summed E-state index contributed by atoms with van der Waals surface area (Å²) in [6.45, 7) is 0. The Kier molecular flexibility index (Phi) is 3.25. The summed E-state index contributed by atoms with van der Waals surface area (Å²) >= 11 is 0. The monoisotopic (exact) mass is 458 g/mol. The van der Waals surface area contributed by atoms with E-state index in [1.807, 2.05) is 18.3 Å². The van der Waals surface area contributed by atoms with E-state index in [4.69, 9.17) is 9.97 Å². The van der Waals surface area contributed by atoms with E-state index in [2.05, 4.69) is 100.0 Å². The van der Waals surface area contributed by atoms with Crippen LogP contribution in [0, 0.1) is 0 Å². The van der Waals surface area contributed by atoms with Gasteiger partial charge in [0, 0.05) is 43.9 Å². The fraction of sp³-hybridized carbons (Fsp3) is 0. The summed E-state index contributed by atoms with van der Waals surface area (Å²) in [5, 5.41) is 8.55. The Morgan fingerprint density at radius 2 is 1.14 bits per heavy atom. The van der Waals surface area contributed by atoms with Crippen LogP contribution in [0.1, 0.15) is 0 Å². The molecule has 0 atom stereocenters. The predicted molar refractivity (Wildman–Crippen MR) is 149 cm³/mol. The molecule has 0 radical (unpaired) electrons. The molecule has 4 heteroatoms. The second kappa shape index (κ2) is 6.37. The lowest BCUT2D eigenvalue weighted by Crippen LogP contribution is -2.01. The highest BCUT2D eigenvalue weighted by molar-refractivity contribution is 6.34. The molecule has 0 unspecified atom stereocenters. The van der Waals surface area contributed by atoms with Crippen LogP contribution < -0.4 is 0 Å². The zero-order valence-electron chi connectivity index (χ0n) is 19.2. The molecule has 0 amide bonds. The molecule has 36 heavy (non-hydrogen) atoms. The molecule has 0 bridgehead atoms. The molecule has 0 aliphatic carbocycles. The molecule has 4 aromatic heterocycles. The van der Waals surface area contributed by atoms with Gasteiger partial charge in [-0.3, -0.25) is 4.57 Å². The molecule has 4 heterocycles. The molecule has 4 nitrogen and oxygen atoms in total. The van der Waals surface area contributed by atoms with Crippen molar-refractivity contribution in [1.82, 2.24) is 18.9 Å². The van der Waals surface area contributed by atoms with Gasteiger partial charge < -0.3 is 4.40 Å². The first kappa shape index (κ1) is 18.4. The van der Waals surface area contributed by atoms with Crippen LogP contribution in [0.3, 0.4) is 0 Å². The van der Waals surface area contributed by atoms with Crippen molar-refractivity contribution >= 4 is 70.8 Å². The largest absolute Gasteiger partial charge is 0.308 e. The Morgan fingerprint density at radius 1 is 0.528 bits per heavy atom. The lowest BCUT2D eigenvalue weighted by Gasteiger charge is -2.08. The summed E-state index contributed by atoms with van der Waals surface area (Å²) in [7, 11) is 0. The Balaban J connectivity index is 1.61. The van der Waals surface area contributed by atoms with Crippen LogP contribution in [0.25, 0.3) is 76.8 Å². The summed E-state index contributed by atoms with van der Waals surface area (Å²) in [6.07, 6.45) is 1.93. The highest BCUT2D eigenvalue weighted by atomic mass is 15.2. The lowest BCUT2D eigenvalue weighted by molar-refractivity contribution is 1.01. The third-order valence-electron chi connectivity index (χ3n) is 7.68. The highest BCUT2D eigenvalue weighted by Crippen LogP contribution is 2.45. The van der Waals surface area contributed by atoms with Crippen LogP contribution >= 0.6 is 0 Å². The Hall–Kier alpha value is -4.96. The molecule has 9 aromatic rings. The van der Waals surface area contributed by atoms with E-state index in [-0.39, 0.29) is 0 Å². The molecule has 0 aliphatic rings. The Bertz CT molecular complexity index is 2320. The number of hydrogen-bond donors (Lipinski definition) is 0. The van der Waals surface area contributed by atoms with E-state index in [0.29, 0.717) is 5.95 Å². The van der Waals surface area contributed by atoms with E-state index in [1.54, 1.807) is 0 Å². The highest BCUT2D eigenvalue weighted by Gasteiger charge is 2.24. The van der Waals surface area contributed by atoms with Crippen molar-refractivity contribution in [3.05, 3.63) is 109 Å². The van der Waals surface area contributed by atoms with Crippen molar-refractivity contribution in [2.24, 2.45) is 0 Å². The first-order valence-electron chi connectivity index (χ1n) is 12.2. The first-order chi connectivity index (χ1) is 17.9. The summed E-state index contributed by atoms with van der Waals surface area (Å²) in [5.74, 6) is 0.697. The van der Waals surface area contributed by atoms with Gasteiger partial charge in [0.2, 0.25) is 5.95 Å². The van der Waals surface area contributed by atoms with Crippen molar-refractivity contribution in [3.63, 3.8) is 0 Å². The molecular weight excluding hydrogens is 440 g/mol. The smallest absolute Gasteiger partial charge is 0.235 e. The van der Waals surface area contributed by atoms with Crippen molar-refractivity contribution in [1.29, 1.82) is 0 Å². The van der Waals surface area contributed by atoms with Gasteiger partial charge in [-0.15, -0.1) is 0 Å². The fourth-order valence-corrected chi connectivity index (χ4v) is 6.23. The third-order valence-corrected chi connectivity index (χ3v) is 7.68. The third kappa shape index (κ3) is 2.11. The molecule has 0 saturated heterocycles.